The molecule has 7 nitrogen and oxygen atoms in total. The number of carbonyl (C=O) groups excluding carboxylic acids is 3. The third kappa shape index (κ3) is 3.42. The van der Waals surface area contributed by atoms with E-state index in [4.69, 9.17) is 0 Å². The topological polar surface area (TPSA) is 93.1 Å². The molecule has 140 valence electrons. The quantitative estimate of drug-likeness (QED) is 0.686. The highest BCUT2D eigenvalue weighted by atomic mass is 16.2. The Balaban J connectivity index is 1.63. The van der Waals surface area contributed by atoms with E-state index >= 15 is 0 Å². The van der Waals surface area contributed by atoms with Gasteiger partial charge in [-0.15, -0.1) is 0 Å². The number of rotatable bonds is 4. The first-order chi connectivity index (χ1) is 13.5. The number of carbonyl (C=O) groups is 3. The summed E-state index contributed by atoms with van der Waals surface area (Å²) < 4.78 is 1.54. The van der Waals surface area contributed by atoms with Crippen molar-refractivity contribution in [3.05, 3.63) is 66.2 Å². The predicted molar refractivity (Wildman–Crippen MR) is 105 cm³/mol. The number of hydrogen-bond acceptors (Lipinski definition) is 4. The van der Waals surface area contributed by atoms with Crippen molar-refractivity contribution in [1.82, 2.24) is 9.78 Å². The van der Waals surface area contributed by atoms with Gasteiger partial charge in [0.1, 0.15) is 11.9 Å². The van der Waals surface area contributed by atoms with Crippen molar-refractivity contribution in [2.75, 3.05) is 10.6 Å². The Hall–Kier alpha value is -3.74. The fraction of sp³-hybridized carbons (Fsp3) is 0.143. The van der Waals surface area contributed by atoms with Crippen LogP contribution in [0.4, 0.5) is 11.5 Å². The molecule has 0 aliphatic carbocycles. The molecule has 2 amide bonds. The number of amides is 2. The zero-order valence-electron chi connectivity index (χ0n) is 15.2. The van der Waals surface area contributed by atoms with Crippen molar-refractivity contribution in [2.24, 2.45) is 0 Å². The van der Waals surface area contributed by atoms with Gasteiger partial charge in [0.2, 0.25) is 11.8 Å². The van der Waals surface area contributed by atoms with Gasteiger partial charge in [-0.2, -0.15) is 5.10 Å². The lowest BCUT2D eigenvalue weighted by atomic mass is 10.1. The van der Waals surface area contributed by atoms with E-state index in [9.17, 15) is 14.4 Å². The summed E-state index contributed by atoms with van der Waals surface area (Å²) in [5.74, 6) is -0.216. The molecule has 0 saturated carbocycles. The Kier molecular flexibility index (Phi) is 4.49. The van der Waals surface area contributed by atoms with Crippen molar-refractivity contribution in [1.29, 1.82) is 0 Å². The van der Waals surface area contributed by atoms with E-state index in [1.807, 2.05) is 30.3 Å². The Morgan fingerprint density at radius 2 is 1.89 bits per heavy atom. The van der Waals surface area contributed by atoms with E-state index in [-0.39, 0.29) is 24.0 Å². The summed E-state index contributed by atoms with van der Waals surface area (Å²) >= 11 is 0. The lowest BCUT2D eigenvalue weighted by Gasteiger charge is -2.23. The van der Waals surface area contributed by atoms with Crippen LogP contribution in [0.15, 0.2) is 60.7 Å². The second kappa shape index (κ2) is 7.11. The molecule has 28 heavy (non-hydrogen) atoms. The van der Waals surface area contributed by atoms with Crippen molar-refractivity contribution in [3.8, 4) is 11.3 Å². The molecule has 0 bridgehead atoms. The first-order valence-corrected chi connectivity index (χ1v) is 8.88. The third-order valence-corrected chi connectivity index (χ3v) is 4.59. The maximum absolute atomic E-state index is 12.9. The maximum atomic E-state index is 12.9. The minimum Gasteiger partial charge on any atom is -0.324 e. The van der Waals surface area contributed by atoms with Crippen LogP contribution < -0.4 is 10.6 Å². The summed E-state index contributed by atoms with van der Waals surface area (Å²) in [5.41, 5.74) is 2.58. The first kappa shape index (κ1) is 17.7. The van der Waals surface area contributed by atoms with E-state index in [0.29, 0.717) is 22.8 Å². The molecule has 1 aliphatic heterocycles. The molecule has 1 atom stereocenters. The highest BCUT2D eigenvalue weighted by Crippen LogP contribution is 2.30. The highest BCUT2D eigenvalue weighted by Gasteiger charge is 2.32. The van der Waals surface area contributed by atoms with Gasteiger partial charge >= 0.3 is 0 Å². The minimum atomic E-state index is -0.776. The van der Waals surface area contributed by atoms with Crippen molar-refractivity contribution >= 4 is 29.1 Å². The fourth-order valence-electron chi connectivity index (χ4n) is 3.18. The number of ketones is 1. The monoisotopic (exact) mass is 374 g/mol. The van der Waals surface area contributed by atoms with Crippen molar-refractivity contribution in [3.63, 3.8) is 0 Å². The minimum absolute atomic E-state index is 0.0128. The highest BCUT2D eigenvalue weighted by molar-refractivity contribution is 6.02. The van der Waals surface area contributed by atoms with E-state index in [1.165, 1.54) is 11.6 Å². The van der Waals surface area contributed by atoms with Gasteiger partial charge in [-0.05, 0) is 19.1 Å². The van der Waals surface area contributed by atoms with Gasteiger partial charge in [0.05, 0.1) is 12.1 Å². The number of nitrogens with one attached hydrogen (secondary N) is 2. The second-order valence-corrected chi connectivity index (χ2v) is 6.62. The molecule has 0 unspecified atom stereocenters. The number of anilines is 2. The first-order valence-electron chi connectivity index (χ1n) is 8.88. The number of nitrogens with zero attached hydrogens (tertiary/aromatic N) is 2. The standard InChI is InChI=1S/C21H18N4O3/c1-13(26)15-8-5-9-16(10-15)22-21(28)18-12-20(27)23-19-11-17(24-25(18)19)14-6-3-2-4-7-14/h2-11,18H,12H2,1H3,(H,22,28)(H,23,27)/t18-/m1/s1. The molecule has 0 fully saturated rings. The summed E-state index contributed by atoms with van der Waals surface area (Å²) in [4.78, 5) is 36.5. The Bertz CT molecular complexity index is 1070. The van der Waals surface area contributed by atoms with Gasteiger partial charge in [-0.1, -0.05) is 42.5 Å². The number of hydrogen-bond donors (Lipinski definition) is 2. The molecule has 2 N–H and O–H groups in total. The molecule has 0 spiro atoms. The van der Waals surface area contributed by atoms with E-state index in [2.05, 4.69) is 15.7 Å². The summed E-state index contributed by atoms with van der Waals surface area (Å²) in [6.07, 6.45) is -0.0128. The summed E-state index contributed by atoms with van der Waals surface area (Å²) in [6, 6.07) is 17.2. The van der Waals surface area contributed by atoms with Crippen molar-refractivity contribution in [2.45, 2.75) is 19.4 Å². The van der Waals surface area contributed by atoms with Crippen LogP contribution in [0, 0.1) is 0 Å². The summed E-state index contributed by atoms with van der Waals surface area (Å²) in [6.45, 7) is 1.47. The number of benzene rings is 2. The van der Waals surface area contributed by atoms with Crippen LogP contribution in [-0.4, -0.2) is 27.4 Å². The van der Waals surface area contributed by atoms with E-state index < -0.39 is 6.04 Å². The van der Waals surface area contributed by atoms with Crippen molar-refractivity contribution < 1.29 is 14.4 Å². The van der Waals surface area contributed by atoms with Crippen LogP contribution in [0.1, 0.15) is 29.7 Å². The zero-order chi connectivity index (χ0) is 19.7. The van der Waals surface area contributed by atoms with E-state index in [0.717, 1.165) is 5.56 Å². The largest absolute Gasteiger partial charge is 0.324 e. The average molecular weight is 374 g/mol. The van der Waals surface area contributed by atoms with Crippen LogP contribution in [-0.2, 0) is 9.59 Å². The molecular weight excluding hydrogens is 356 g/mol. The molecule has 3 aromatic rings. The number of Topliss-reactive ketones (excluding diaryl/α,β-unsaturated/α-hetero) is 1. The third-order valence-electron chi connectivity index (χ3n) is 4.59. The molecule has 1 aliphatic rings. The van der Waals surface area contributed by atoms with Crippen LogP contribution in [0.3, 0.4) is 0 Å². The summed E-state index contributed by atoms with van der Waals surface area (Å²) in [7, 11) is 0. The normalized spacial score (nSPS) is 15.5. The van der Waals surface area contributed by atoms with Crippen LogP contribution in [0.2, 0.25) is 0 Å². The molecule has 4 rings (SSSR count). The predicted octanol–water partition coefficient (Wildman–Crippen LogP) is 3.27. The van der Waals surface area contributed by atoms with Crippen LogP contribution in [0.25, 0.3) is 11.3 Å². The summed E-state index contributed by atoms with van der Waals surface area (Å²) in [5, 5.41) is 10.1. The molecule has 0 saturated heterocycles. The Morgan fingerprint density at radius 1 is 1.11 bits per heavy atom. The maximum Gasteiger partial charge on any atom is 0.249 e. The van der Waals surface area contributed by atoms with Gasteiger partial charge in [-0.25, -0.2) is 4.68 Å². The SMILES string of the molecule is CC(=O)c1cccc(NC(=O)[C@H]2CC(=O)Nc3cc(-c4ccccc4)nn32)c1. The van der Waals surface area contributed by atoms with Crippen LogP contribution in [0.5, 0.6) is 0 Å². The van der Waals surface area contributed by atoms with Gasteiger partial charge < -0.3 is 10.6 Å². The second-order valence-electron chi connectivity index (χ2n) is 6.62. The molecule has 0 radical (unpaired) electrons. The van der Waals surface area contributed by atoms with Gasteiger partial charge in [0, 0.05) is 22.9 Å². The smallest absolute Gasteiger partial charge is 0.249 e. The number of fused-ring (bicyclic) bond motifs is 1. The fourth-order valence-corrected chi connectivity index (χ4v) is 3.18. The Labute approximate surface area is 161 Å². The van der Waals surface area contributed by atoms with Crippen LogP contribution >= 0.6 is 0 Å². The van der Waals surface area contributed by atoms with E-state index in [1.54, 1.807) is 30.3 Å². The molecular formula is C21H18N4O3. The average Bonchev–Trinajstić information content (AvgIpc) is 3.12. The molecule has 2 heterocycles. The van der Waals surface area contributed by atoms with Gasteiger partial charge in [0.25, 0.3) is 0 Å². The molecule has 7 heteroatoms. The van der Waals surface area contributed by atoms with Gasteiger partial charge in [-0.3, -0.25) is 14.4 Å². The number of aromatic nitrogens is 2. The zero-order valence-corrected chi connectivity index (χ0v) is 15.2. The lowest BCUT2D eigenvalue weighted by molar-refractivity contribution is -0.125. The lowest BCUT2D eigenvalue weighted by Crippen LogP contribution is -2.35. The molecule has 2 aromatic carbocycles. The molecule has 1 aromatic heterocycles. The van der Waals surface area contributed by atoms with Gasteiger partial charge in [0.15, 0.2) is 5.78 Å². The Morgan fingerprint density at radius 3 is 2.64 bits per heavy atom.